The van der Waals surface area contributed by atoms with Gasteiger partial charge in [0.25, 0.3) is 0 Å². The van der Waals surface area contributed by atoms with Crippen LogP contribution in [0.1, 0.15) is 32.1 Å². The third kappa shape index (κ3) is 29.7. The molecule has 1 saturated heterocycles. The van der Waals surface area contributed by atoms with Crippen molar-refractivity contribution in [3.8, 4) is 0 Å². The highest BCUT2D eigenvalue weighted by Crippen LogP contribution is 2.13. The highest BCUT2D eigenvalue weighted by Gasteiger charge is 2.20. The molecule has 1 aliphatic carbocycles. The maximum absolute atomic E-state index is 9.75. The van der Waals surface area contributed by atoms with Gasteiger partial charge in [-0.05, 0) is 25.7 Å². The van der Waals surface area contributed by atoms with Crippen LogP contribution < -0.4 is 5.73 Å². The van der Waals surface area contributed by atoms with Crippen molar-refractivity contribution < 1.29 is 51.4 Å². The van der Waals surface area contributed by atoms with Gasteiger partial charge in [0.2, 0.25) is 0 Å². The van der Waals surface area contributed by atoms with Gasteiger partial charge in [-0.3, -0.25) is 0 Å². The van der Waals surface area contributed by atoms with E-state index in [1.807, 2.05) is 0 Å². The molecule has 7 nitrogen and oxygen atoms in total. The summed E-state index contributed by atoms with van der Waals surface area (Å²) in [5.41, 5.74) is 4.00. The zero-order valence-electron chi connectivity index (χ0n) is 17.8. The Balaban J connectivity index is 0.000000570. The number of quaternary nitrogens is 1. The average molecular weight is 451 g/mol. The highest BCUT2D eigenvalue weighted by atomic mass is 19.5. The molecule has 0 aromatic carbocycles. The topological polar surface area (TPSA) is 83.0 Å². The lowest BCUT2D eigenvalue weighted by molar-refractivity contribution is -0.425. The lowest BCUT2D eigenvalue weighted by atomic mass is 9.97. The predicted molar refractivity (Wildman–Crippen MR) is 105 cm³/mol. The van der Waals surface area contributed by atoms with Gasteiger partial charge < -0.3 is 51.4 Å². The molecule has 2 fully saturated rings. The third-order valence-corrected chi connectivity index (χ3v) is 3.96. The molecule has 0 unspecified atom stereocenters. The molecule has 2 aliphatic rings. The zero-order valence-corrected chi connectivity index (χ0v) is 17.8. The number of halogens is 4. The van der Waals surface area contributed by atoms with Gasteiger partial charge >= 0.3 is 7.25 Å². The van der Waals surface area contributed by atoms with Crippen LogP contribution in [0.2, 0.25) is 0 Å². The van der Waals surface area contributed by atoms with E-state index in [4.69, 9.17) is 28.4 Å². The quantitative estimate of drug-likeness (QED) is 0.448. The second-order valence-electron chi connectivity index (χ2n) is 6.67. The van der Waals surface area contributed by atoms with Crippen LogP contribution in [0.5, 0.6) is 0 Å². The fourth-order valence-corrected chi connectivity index (χ4v) is 2.51. The summed E-state index contributed by atoms with van der Waals surface area (Å²) >= 11 is 0. The molecule has 1 heterocycles. The summed E-state index contributed by atoms with van der Waals surface area (Å²) in [5, 5.41) is 0. The van der Waals surface area contributed by atoms with E-state index >= 15 is 0 Å². The van der Waals surface area contributed by atoms with Gasteiger partial charge in [0.15, 0.2) is 0 Å². The SMILES string of the molecule is C1COCCOCCOCCOCCOCCO1.F[B-](F)(F)F.[NH3+]C1CCCCC1. The largest absolute Gasteiger partial charge is 0.673 e. The van der Waals surface area contributed by atoms with Gasteiger partial charge in [-0.1, -0.05) is 6.42 Å². The van der Waals surface area contributed by atoms with Crippen LogP contribution in [0.25, 0.3) is 0 Å². The average Bonchev–Trinajstić information content (AvgIpc) is 2.68. The maximum Gasteiger partial charge on any atom is 0.673 e. The molecular formula is C18H38BF4NO6. The van der Waals surface area contributed by atoms with Gasteiger partial charge in [-0.2, -0.15) is 0 Å². The molecule has 0 amide bonds. The predicted octanol–water partition coefficient (Wildman–Crippen LogP) is 1.96. The van der Waals surface area contributed by atoms with Crippen LogP contribution in [0.15, 0.2) is 0 Å². The summed E-state index contributed by atoms with van der Waals surface area (Å²) in [6, 6.07) is 0.786. The minimum Gasteiger partial charge on any atom is -0.418 e. The van der Waals surface area contributed by atoms with Gasteiger partial charge in [-0.15, -0.1) is 0 Å². The monoisotopic (exact) mass is 451 g/mol. The molecule has 0 atom stereocenters. The Kier molecular flexibility index (Phi) is 21.4. The lowest BCUT2D eigenvalue weighted by Crippen LogP contribution is -2.61. The molecule has 1 aliphatic heterocycles. The fraction of sp³-hybridized carbons (Fsp3) is 1.00. The fourth-order valence-electron chi connectivity index (χ4n) is 2.51. The van der Waals surface area contributed by atoms with E-state index in [0.29, 0.717) is 79.3 Å². The summed E-state index contributed by atoms with van der Waals surface area (Å²) < 4.78 is 71.0. The summed E-state index contributed by atoms with van der Waals surface area (Å²) in [4.78, 5) is 0. The molecule has 0 aromatic heterocycles. The second kappa shape index (κ2) is 21.7. The van der Waals surface area contributed by atoms with Crippen molar-refractivity contribution in [1.29, 1.82) is 0 Å². The van der Waals surface area contributed by atoms with Crippen LogP contribution >= 0.6 is 0 Å². The molecule has 1 saturated carbocycles. The number of ether oxygens (including phenoxy) is 6. The third-order valence-electron chi connectivity index (χ3n) is 3.96. The maximum atomic E-state index is 9.75. The van der Waals surface area contributed by atoms with Crippen molar-refractivity contribution in [1.82, 2.24) is 0 Å². The molecule has 12 heteroatoms. The van der Waals surface area contributed by atoms with Crippen molar-refractivity contribution in [2.75, 3.05) is 79.3 Å². The molecule has 30 heavy (non-hydrogen) atoms. The van der Waals surface area contributed by atoms with Crippen LogP contribution in [0.4, 0.5) is 17.3 Å². The lowest BCUT2D eigenvalue weighted by Gasteiger charge is -2.12. The Morgan fingerprint density at radius 2 is 0.667 bits per heavy atom. The summed E-state index contributed by atoms with van der Waals surface area (Å²) in [5.74, 6) is 0. The van der Waals surface area contributed by atoms with Gasteiger partial charge in [0.05, 0.1) is 85.3 Å². The molecular weight excluding hydrogens is 413 g/mol. The first-order valence-electron chi connectivity index (χ1n) is 10.6. The van der Waals surface area contributed by atoms with Crippen molar-refractivity contribution in [2.45, 2.75) is 38.1 Å². The smallest absolute Gasteiger partial charge is 0.418 e. The van der Waals surface area contributed by atoms with Crippen molar-refractivity contribution in [3.05, 3.63) is 0 Å². The van der Waals surface area contributed by atoms with E-state index in [0.717, 1.165) is 6.04 Å². The number of rotatable bonds is 0. The Morgan fingerprint density at radius 3 is 0.800 bits per heavy atom. The van der Waals surface area contributed by atoms with Crippen LogP contribution in [-0.2, 0) is 28.4 Å². The highest BCUT2D eigenvalue weighted by molar-refractivity contribution is 6.50. The van der Waals surface area contributed by atoms with E-state index in [2.05, 4.69) is 5.73 Å². The van der Waals surface area contributed by atoms with Crippen molar-refractivity contribution in [2.24, 2.45) is 0 Å². The minimum atomic E-state index is -6.00. The minimum absolute atomic E-state index is 0.586. The Morgan fingerprint density at radius 1 is 0.467 bits per heavy atom. The van der Waals surface area contributed by atoms with E-state index in [1.54, 1.807) is 0 Å². The van der Waals surface area contributed by atoms with E-state index in [9.17, 15) is 17.3 Å². The summed E-state index contributed by atoms with van der Waals surface area (Å²) in [6.45, 7) is 7.04. The normalized spacial score (nSPS) is 22.3. The molecule has 0 bridgehead atoms. The summed E-state index contributed by atoms with van der Waals surface area (Å²) in [6.07, 6.45) is 7.05. The molecule has 0 radical (unpaired) electrons. The van der Waals surface area contributed by atoms with Gasteiger partial charge in [0, 0.05) is 0 Å². The molecule has 2 rings (SSSR count). The van der Waals surface area contributed by atoms with E-state index in [1.165, 1.54) is 32.1 Å². The van der Waals surface area contributed by atoms with E-state index in [-0.39, 0.29) is 0 Å². The van der Waals surface area contributed by atoms with Gasteiger partial charge in [-0.25, -0.2) is 0 Å². The summed E-state index contributed by atoms with van der Waals surface area (Å²) in [7, 11) is -6.00. The Hall–Kier alpha value is -0.495. The molecule has 182 valence electrons. The van der Waals surface area contributed by atoms with Crippen molar-refractivity contribution >= 4 is 7.25 Å². The van der Waals surface area contributed by atoms with Crippen molar-refractivity contribution in [3.63, 3.8) is 0 Å². The number of hydrogen-bond acceptors (Lipinski definition) is 6. The Bertz CT molecular complexity index is 272. The van der Waals surface area contributed by atoms with Gasteiger partial charge in [0.1, 0.15) is 0 Å². The molecule has 3 N–H and O–H groups in total. The second-order valence-corrected chi connectivity index (χ2v) is 6.67. The Labute approximate surface area is 176 Å². The first-order valence-corrected chi connectivity index (χ1v) is 10.6. The number of hydrogen-bond donors (Lipinski definition) is 1. The van der Waals surface area contributed by atoms with Crippen LogP contribution in [0, 0.1) is 0 Å². The molecule has 0 aromatic rings. The first-order chi connectivity index (χ1) is 14.4. The van der Waals surface area contributed by atoms with Crippen LogP contribution in [0.3, 0.4) is 0 Å². The first kappa shape index (κ1) is 29.5. The molecule has 0 spiro atoms. The van der Waals surface area contributed by atoms with Crippen LogP contribution in [-0.4, -0.2) is 92.6 Å². The zero-order chi connectivity index (χ0) is 22.3. The standard InChI is InChI=1S/C12H24O6.C6H13N.BF4/c1-2-14-5-6-16-9-10-18-12-11-17-8-7-15-4-3-13-1;7-6-4-2-1-3-5-6;2-1(3,4)5/h1-12H2;6H,1-5,7H2;/q;;-1/p+1. The van der Waals surface area contributed by atoms with E-state index < -0.39 is 7.25 Å².